The molecule has 2 N–H and O–H groups in total. The summed E-state index contributed by atoms with van der Waals surface area (Å²) in [4.78, 5) is 11.8. The van der Waals surface area contributed by atoms with Crippen LogP contribution in [0.15, 0.2) is 12.3 Å². The molecular weight excluding hydrogens is 275 g/mol. The van der Waals surface area contributed by atoms with Crippen molar-refractivity contribution in [1.82, 2.24) is 15.1 Å². The van der Waals surface area contributed by atoms with Crippen molar-refractivity contribution in [3.63, 3.8) is 0 Å². The van der Waals surface area contributed by atoms with Gasteiger partial charge in [0.2, 0.25) is 5.91 Å². The van der Waals surface area contributed by atoms with Gasteiger partial charge in [0.25, 0.3) is 0 Å². The quantitative estimate of drug-likeness (QED) is 0.879. The highest BCUT2D eigenvalue weighted by atomic mass is 19.4. The van der Waals surface area contributed by atoms with E-state index in [0.29, 0.717) is 12.8 Å². The van der Waals surface area contributed by atoms with Gasteiger partial charge in [-0.3, -0.25) is 9.48 Å². The number of nitrogens with zero attached hydrogens (tertiary/aromatic N) is 2. The van der Waals surface area contributed by atoms with E-state index in [9.17, 15) is 23.1 Å². The molecule has 0 atom stereocenters. The third-order valence-corrected chi connectivity index (χ3v) is 3.50. The number of alkyl halides is 3. The van der Waals surface area contributed by atoms with Crippen molar-refractivity contribution in [2.45, 2.75) is 43.9 Å². The summed E-state index contributed by atoms with van der Waals surface area (Å²) in [6.07, 6.45) is -0.200. The first-order valence-corrected chi connectivity index (χ1v) is 6.37. The third kappa shape index (κ3) is 3.30. The fourth-order valence-corrected chi connectivity index (χ4v) is 2.46. The molecule has 1 aromatic rings. The maximum atomic E-state index is 12.4. The predicted octanol–water partition coefficient (Wildman–Crippen LogP) is 1.32. The number of amides is 1. The van der Waals surface area contributed by atoms with Crippen LogP contribution in [0.25, 0.3) is 0 Å². The Hall–Kier alpha value is -1.57. The zero-order chi connectivity index (χ0) is 14.8. The van der Waals surface area contributed by atoms with Crippen molar-refractivity contribution < 1.29 is 23.1 Å². The van der Waals surface area contributed by atoms with Gasteiger partial charge in [0, 0.05) is 6.20 Å². The largest absolute Gasteiger partial charge is 0.435 e. The lowest BCUT2D eigenvalue weighted by Gasteiger charge is -2.27. The lowest BCUT2D eigenvalue weighted by molar-refractivity contribution is -0.141. The van der Waals surface area contributed by atoms with E-state index in [2.05, 4.69) is 10.4 Å². The minimum absolute atomic E-state index is 0.161. The van der Waals surface area contributed by atoms with Crippen LogP contribution >= 0.6 is 0 Å². The van der Waals surface area contributed by atoms with Crippen molar-refractivity contribution in [3.8, 4) is 0 Å². The average molecular weight is 291 g/mol. The summed E-state index contributed by atoms with van der Waals surface area (Å²) in [7, 11) is 0. The van der Waals surface area contributed by atoms with Gasteiger partial charge in [-0.25, -0.2) is 0 Å². The molecule has 1 aliphatic rings. The van der Waals surface area contributed by atoms with Gasteiger partial charge in [0.05, 0.1) is 12.1 Å². The van der Waals surface area contributed by atoms with Gasteiger partial charge in [-0.2, -0.15) is 18.3 Å². The fraction of sp³-hybridized carbons (Fsp3) is 0.667. The molecular formula is C12H16F3N3O2. The van der Waals surface area contributed by atoms with E-state index in [1.54, 1.807) is 0 Å². The summed E-state index contributed by atoms with van der Waals surface area (Å²) >= 11 is 0. The highest BCUT2D eigenvalue weighted by Gasteiger charge is 2.35. The molecule has 1 saturated carbocycles. The van der Waals surface area contributed by atoms with E-state index >= 15 is 0 Å². The number of aliphatic hydroxyl groups is 1. The fourth-order valence-electron chi connectivity index (χ4n) is 2.46. The van der Waals surface area contributed by atoms with E-state index in [1.165, 1.54) is 0 Å². The molecule has 0 unspecified atom stereocenters. The number of carbonyl (C=O) groups excluding carboxylic acids is 1. The molecule has 0 spiro atoms. The lowest BCUT2D eigenvalue weighted by atomic mass is 9.99. The van der Waals surface area contributed by atoms with Gasteiger partial charge in [-0.15, -0.1) is 0 Å². The summed E-state index contributed by atoms with van der Waals surface area (Å²) < 4.78 is 38.1. The van der Waals surface area contributed by atoms with Crippen LogP contribution in [-0.4, -0.2) is 32.9 Å². The van der Waals surface area contributed by atoms with E-state index < -0.39 is 23.3 Å². The molecule has 1 aliphatic carbocycles. The van der Waals surface area contributed by atoms with Gasteiger partial charge >= 0.3 is 6.18 Å². The van der Waals surface area contributed by atoms with E-state index in [1.807, 2.05) is 0 Å². The Morgan fingerprint density at radius 3 is 2.60 bits per heavy atom. The van der Waals surface area contributed by atoms with Gasteiger partial charge in [0.15, 0.2) is 5.69 Å². The van der Waals surface area contributed by atoms with Crippen LogP contribution in [-0.2, 0) is 17.5 Å². The maximum absolute atomic E-state index is 12.4. The van der Waals surface area contributed by atoms with Crippen molar-refractivity contribution in [2.75, 3.05) is 6.61 Å². The Morgan fingerprint density at radius 1 is 1.45 bits per heavy atom. The molecule has 0 saturated heterocycles. The summed E-state index contributed by atoms with van der Waals surface area (Å²) in [5.74, 6) is -0.447. The Balaban J connectivity index is 1.96. The van der Waals surface area contributed by atoms with Crippen LogP contribution < -0.4 is 5.32 Å². The number of hydrogen-bond acceptors (Lipinski definition) is 3. The number of halogens is 3. The molecule has 8 heteroatoms. The molecule has 5 nitrogen and oxygen atoms in total. The molecule has 0 bridgehead atoms. The Labute approximate surface area is 113 Å². The van der Waals surface area contributed by atoms with Crippen LogP contribution in [0.5, 0.6) is 0 Å². The molecule has 0 aromatic carbocycles. The second-order valence-corrected chi connectivity index (χ2v) is 5.09. The molecule has 1 aromatic heterocycles. The van der Waals surface area contributed by atoms with Gasteiger partial charge in [-0.05, 0) is 18.9 Å². The van der Waals surface area contributed by atoms with Crippen LogP contribution in [0.1, 0.15) is 31.4 Å². The van der Waals surface area contributed by atoms with Crippen molar-refractivity contribution in [2.24, 2.45) is 0 Å². The highest BCUT2D eigenvalue weighted by Crippen LogP contribution is 2.29. The number of aliphatic hydroxyl groups excluding tert-OH is 1. The first-order chi connectivity index (χ1) is 9.35. The zero-order valence-corrected chi connectivity index (χ0v) is 10.8. The monoisotopic (exact) mass is 291 g/mol. The first-order valence-electron chi connectivity index (χ1n) is 6.37. The van der Waals surface area contributed by atoms with Crippen molar-refractivity contribution >= 4 is 5.91 Å². The van der Waals surface area contributed by atoms with Crippen LogP contribution in [0.3, 0.4) is 0 Å². The molecule has 20 heavy (non-hydrogen) atoms. The van der Waals surface area contributed by atoms with E-state index in [-0.39, 0.29) is 13.2 Å². The second kappa shape index (κ2) is 5.43. The Kier molecular flexibility index (Phi) is 4.03. The van der Waals surface area contributed by atoms with Gasteiger partial charge in [0.1, 0.15) is 6.54 Å². The number of nitrogens with one attached hydrogen (secondary N) is 1. The smallest absolute Gasteiger partial charge is 0.394 e. The predicted molar refractivity (Wildman–Crippen MR) is 63.7 cm³/mol. The topological polar surface area (TPSA) is 67.2 Å². The Morgan fingerprint density at radius 2 is 2.10 bits per heavy atom. The van der Waals surface area contributed by atoms with Crippen LogP contribution in [0.4, 0.5) is 13.2 Å². The molecule has 0 aliphatic heterocycles. The molecule has 112 valence electrons. The maximum Gasteiger partial charge on any atom is 0.435 e. The van der Waals surface area contributed by atoms with Gasteiger partial charge < -0.3 is 10.4 Å². The molecule has 1 fully saturated rings. The summed E-state index contributed by atoms with van der Waals surface area (Å²) in [5, 5.41) is 15.4. The molecule has 2 rings (SSSR count). The van der Waals surface area contributed by atoms with E-state index in [0.717, 1.165) is 29.8 Å². The molecule has 0 radical (unpaired) electrons. The second-order valence-electron chi connectivity index (χ2n) is 5.09. The van der Waals surface area contributed by atoms with Crippen molar-refractivity contribution in [1.29, 1.82) is 0 Å². The summed E-state index contributed by atoms with van der Waals surface area (Å²) in [5.41, 5.74) is -1.65. The van der Waals surface area contributed by atoms with Crippen LogP contribution in [0, 0.1) is 0 Å². The molecule has 1 amide bonds. The molecule has 1 heterocycles. The van der Waals surface area contributed by atoms with E-state index in [4.69, 9.17) is 0 Å². The minimum Gasteiger partial charge on any atom is -0.394 e. The summed E-state index contributed by atoms with van der Waals surface area (Å²) in [6.45, 7) is -0.455. The lowest BCUT2D eigenvalue weighted by Crippen LogP contribution is -2.50. The number of carbonyl (C=O) groups is 1. The van der Waals surface area contributed by atoms with Crippen molar-refractivity contribution in [3.05, 3.63) is 18.0 Å². The Bertz CT molecular complexity index is 479. The standard InChI is InChI=1S/C12H16F3N3O2/c13-12(14,15)9-3-6-18(17-9)7-10(20)16-11(8-19)4-1-2-5-11/h3,6,19H,1-2,4-5,7-8H2,(H,16,20). The number of aromatic nitrogens is 2. The minimum atomic E-state index is -4.51. The average Bonchev–Trinajstić information content (AvgIpc) is 2.98. The third-order valence-electron chi connectivity index (χ3n) is 3.50. The SMILES string of the molecule is O=C(Cn1ccc(C(F)(F)F)n1)NC1(CO)CCCC1. The first kappa shape index (κ1) is 14.8. The number of rotatable bonds is 4. The van der Waals surface area contributed by atoms with Crippen LogP contribution in [0.2, 0.25) is 0 Å². The summed E-state index contributed by atoms with van der Waals surface area (Å²) in [6, 6.07) is 0.824. The van der Waals surface area contributed by atoms with Gasteiger partial charge in [-0.1, -0.05) is 12.8 Å². The zero-order valence-electron chi connectivity index (χ0n) is 10.8. The number of hydrogen-bond donors (Lipinski definition) is 2. The normalized spacial score (nSPS) is 18.2. The highest BCUT2D eigenvalue weighted by molar-refractivity contribution is 5.76.